The van der Waals surface area contributed by atoms with Crippen LogP contribution in [0.3, 0.4) is 0 Å². The van der Waals surface area contributed by atoms with Crippen LogP contribution < -0.4 is 10.2 Å². The molecule has 3 heteroatoms. The number of aromatic nitrogens is 1. The molecule has 0 aromatic carbocycles. The molecule has 0 saturated heterocycles. The Labute approximate surface area is 122 Å². The van der Waals surface area contributed by atoms with Crippen molar-refractivity contribution in [2.24, 2.45) is 5.41 Å². The molecule has 1 aliphatic carbocycles. The maximum absolute atomic E-state index is 4.76. The lowest BCUT2D eigenvalue weighted by Crippen LogP contribution is -2.34. The van der Waals surface area contributed by atoms with Gasteiger partial charge in [-0.25, -0.2) is 4.98 Å². The molecule has 3 nitrogen and oxygen atoms in total. The van der Waals surface area contributed by atoms with Crippen LogP contribution in [0.15, 0.2) is 12.3 Å². The summed E-state index contributed by atoms with van der Waals surface area (Å²) in [6.45, 7) is 9.12. The molecule has 1 saturated carbocycles. The lowest BCUT2D eigenvalue weighted by Gasteiger charge is -2.31. The van der Waals surface area contributed by atoms with Crippen LogP contribution in [0.5, 0.6) is 0 Å². The zero-order valence-electron chi connectivity index (χ0n) is 12.9. The zero-order valence-corrected chi connectivity index (χ0v) is 12.9. The van der Waals surface area contributed by atoms with Gasteiger partial charge < -0.3 is 10.2 Å². The second kappa shape index (κ2) is 5.72. The molecule has 0 atom stereocenters. The van der Waals surface area contributed by atoms with E-state index in [0.29, 0.717) is 5.41 Å². The third-order valence-corrected chi connectivity index (χ3v) is 4.75. The van der Waals surface area contributed by atoms with E-state index in [0.717, 1.165) is 26.1 Å². The van der Waals surface area contributed by atoms with Crippen molar-refractivity contribution >= 4 is 5.82 Å². The van der Waals surface area contributed by atoms with Gasteiger partial charge in [-0.1, -0.05) is 20.3 Å². The van der Waals surface area contributed by atoms with E-state index in [1.54, 1.807) is 0 Å². The predicted molar refractivity (Wildman–Crippen MR) is 84.1 cm³/mol. The van der Waals surface area contributed by atoms with Crippen molar-refractivity contribution in [2.45, 2.75) is 52.5 Å². The predicted octanol–water partition coefficient (Wildman–Crippen LogP) is 3.13. The molecule has 110 valence electrons. The van der Waals surface area contributed by atoms with Crippen molar-refractivity contribution in [3.8, 4) is 0 Å². The molecule has 0 radical (unpaired) electrons. The highest BCUT2D eigenvalue weighted by Crippen LogP contribution is 2.46. The molecule has 1 fully saturated rings. The Kier molecular flexibility index (Phi) is 3.97. The minimum atomic E-state index is 0.547. The average Bonchev–Trinajstić information content (AvgIpc) is 3.20. The van der Waals surface area contributed by atoms with Gasteiger partial charge in [0.2, 0.25) is 0 Å². The molecular weight excluding hydrogens is 246 g/mol. The second-order valence-corrected chi connectivity index (χ2v) is 6.78. The number of fused-ring (bicyclic) bond motifs is 1. The van der Waals surface area contributed by atoms with Gasteiger partial charge in [0, 0.05) is 31.4 Å². The Bertz CT molecular complexity index is 465. The molecule has 2 aliphatic rings. The highest BCUT2D eigenvalue weighted by molar-refractivity contribution is 5.52. The first-order valence-corrected chi connectivity index (χ1v) is 8.14. The SMILES string of the molecule is CCCCN(CC1(C)CC1)c1nccc2c1CCNC2. The van der Waals surface area contributed by atoms with Crippen LogP contribution in [0.25, 0.3) is 0 Å². The van der Waals surface area contributed by atoms with Crippen molar-refractivity contribution in [3.63, 3.8) is 0 Å². The van der Waals surface area contributed by atoms with E-state index in [2.05, 4.69) is 30.1 Å². The number of hydrogen-bond donors (Lipinski definition) is 1. The number of hydrogen-bond acceptors (Lipinski definition) is 3. The van der Waals surface area contributed by atoms with E-state index in [4.69, 9.17) is 4.98 Å². The van der Waals surface area contributed by atoms with Gasteiger partial charge in [0.25, 0.3) is 0 Å². The lowest BCUT2D eigenvalue weighted by molar-refractivity contribution is 0.534. The van der Waals surface area contributed by atoms with Crippen molar-refractivity contribution in [1.29, 1.82) is 0 Å². The molecular formula is C17H27N3. The number of pyridine rings is 1. The van der Waals surface area contributed by atoms with E-state index in [9.17, 15) is 0 Å². The first-order valence-electron chi connectivity index (χ1n) is 8.14. The van der Waals surface area contributed by atoms with Crippen LogP contribution in [0.1, 0.15) is 50.7 Å². The van der Waals surface area contributed by atoms with Gasteiger partial charge in [0.05, 0.1) is 0 Å². The fraction of sp³-hybridized carbons (Fsp3) is 0.706. The third-order valence-electron chi connectivity index (χ3n) is 4.75. The molecule has 0 amide bonds. The largest absolute Gasteiger partial charge is 0.356 e. The first-order chi connectivity index (χ1) is 9.72. The van der Waals surface area contributed by atoms with Crippen molar-refractivity contribution in [2.75, 3.05) is 24.5 Å². The van der Waals surface area contributed by atoms with Crippen LogP contribution in [-0.4, -0.2) is 24.6 Å². The van der Waals surface area contributed by atoms with E-state index < -0.39 is 0 Å². The Balaban J connectivity index is 1.85. The summed E-state index contributed by atoms with van der Waals surface area (Å²) in [5, 5.41) is 3.46. The van der Waals surface area contributed by atoms with Crippen LogP contribution in [-0.2, 0) is 13.0 Å². The van der Waals surface area contributed by atoms with Gasteiger partial charge in [-0.15, -0.1) is 0 Å². The van der Waals surface area contributed by atoms with Gasteiger partial charge in [0.15, 0.2) is 0 Å². The molecule has 0 bridgehead atoms. The molecule has 1 N–H and O–H groups in total. The van der Waals surface area contributed by atoms with E-state index in [1.165, 1.54) is 49.2 Å². The van der Waals surface area contributed by atoms with Gasteiger partial charge in [-0.3, -0.25) is 0 Å². The highest BCUT2D eigenvalue weighted by Gasteiger charge is 2.39. The van der Waals surface area contributed by atoms with E-state index in [1.807, 2.05) is 6.20 Å². The monoisotopic (exact) mass is 273 g/mol. The number of anilines is 1. The van der Waals surface area contributed by atoms with Gasteiger partial charge in [-0.05, 0) is 49.3 Å². The summed E-state index contributed by atoms with van der Waals surface area (Å²) in [6.07, 6.45) is 8.40. The third kappa shape index (κ3) is 2.98. The van der Waals surface area contributed by atoms with E-state index in [-0.39, 0.29) is 0 Å². The fourth-order valence-electron chi connectivity index (χ4n) is 3.11. The van der Waals surface area contributed by atoms with Crippen molar-refractivity contribution < 1.29 is 0 Å². The Morgan fingerprint density at radius 1 is 1.40 bits per heavy atom. The molecule has 0 spiro atoms. The summed E-state index contributed by atoms with van der Waals surface area (Å²) in [6, 6.07) is 2.18. The number of rotatable bonds is 6. The van der Waals surface area contributed by atoms with E-state index >= 15 is 0 Å². The van der Waals surface area contributed by atoms with Crippen LogP contribution in [0.2, 0.25) is 0 Å². The summed E-state index contributed by atoms with van der Waals surface area (Å²) in [4.78, 5) is 7.33. The summed E-state index contributed by atoms with van der Waals surface area (Å²) >= 11 is 0. The topological polar surface area (TPSA) is 28.2 Å². The number of unbranched alkanes of at least 4 members (excludes halogenated alkanes) is 1. The molecule has 0 unspecified atom stereocenters. The quantitative estimate of drug-likeness (QED) is 0.863. The first kappa shape index (κ1) is 13.9. The van der Waals surface area contributed by atoms with Gasteiger partial charge >= 0.3 is 0 Å². The smallest absolute Gasteiger partial charge is 0.132 e. The fourth-order valence-corrected chi connectivity index (χ4v) is 3.11. The Morgan fingerprint density at radius 2 is 2.25 bits per heavy atom. The highest BCUT2D eigenvalue weighted by atomic mass is 15.2. The number of nitrogens with one attached hydrogen (secondary N) is 1. The molecule has 3 rings (SSSR count). The molecule has 1 aromatic rings. The molecule has 1 aliphatic heterocycles. The van der Waals surface area contributed by atoms with Gasteiger partial charge in [0.1, 0.15) is 5.82 Å². The maximum atomic E-state index is 4.76. The summed E-state index contributed by atoms with van der Waals surface area (Å²) in [7, 11) is 0. The van der Waals surface area contributed by atoms with Crippen LogP contribution in [0, 0.1) is 5.41 Å². The van der Waals surface area contributed by atoms with Crippen LogP contribution >= 0.6 is 0 Å². The zero-order chi connectivity index (χ0) is 14.0. The number of nitrogens with zero attached hydrogens (tertiary/aromatic N) is 2. The summed E-state index contributed by atoms with van der Waals surface area (Å²) in [5.41, 5.74) is 3.49. The summed E-state index contributed by atoms with van der Waals surface area (Å²) < 4.78 is 0. The van der Waals surface area contributed by atoms with Crippen molar-refractivity contribution in [1.82, 2.24) is 10.3 Å². The second-order valence-electron chi connectivity index (χ2n) is 6.78. The molecule has 1 aromatic heterocycles. The average molecular weight is 273 g/mol. The lowest BCUT2D eigenvalue weighted by atomic mass is 10.0. The molecule has 2 heterocycles. The Hall–Kier alpha value is -1.09. The van der Waals surface area contributed by atoms with Crippen molar-refractivity contribution in [3.05, 3.63) is 23.4 Å². The molecule has 20 heavy (non-hydrogen) atoms. The Morgan fingerprint density at radius 3 is 3.00 bits per heavy atom. The summed E-state index contributed by atoms with van der Waals surface area (Å²) in [5.74, 6) is 1.27. The van der Waals surface area contributed by atoms with Crippen LogP contribution in [0.4, 0.5) is 5.82 Å². The minimum Gasteiger partial charge on any atom is -0.356 e. The minimum absolute atomic E-state index is 0.547. The standard InChI is InChI=1S/C17H27N3/c1-3-4-11-20(13-17(2)7-8-17)16-15-6-9-18-12-14(15)5-10-19-16/h5,10,18H,3-4,6-9,11-13H2,1-2H3. The maximum Gasteiger partial charge on any atom is 0.132 e. The van der Waals surface area contributed by atoms with Gasteiger partial charge in [-0.2, -0.15) is 0 Å². The normalized spacial score (nSPS) is 19.5.